The largest absolute Gasteiger partial charge is 0.447 e. The third-order valence-electron chi connectivity index (χ3n) is 5.34. The van der Waals surface area contributed by atoms with Crippen LogP contribution in [0.25, 0.3) is 10.9 Å². The van der Waals surface area contributed by atoms with E-state index in [4.69, 9.17) is 4.74 Å². The van der Waals surface area contributed by atoms with E-state index in [0.29, 0.717) is 38.2 Å². The summed E-state index contributed by atoms with van der Waals surface area (Å²) >= 11 is 0. The molecule has 1 atom stereocenters. The number of ketones is 1. The van der Waals surface area contributed by atoms with Crippen LogP contribution >= 0.6 is 0 Å². The Morgan fingerprint density at radius 1 is 1.22 bits per heavy atom. The molecule has 27 heavy (non-hydrogen) atoms. The molecule has 7 nitrogen and oxygen atoms in total. The molecule has 0 aliphatic carbocycles. The van der Waals surface area contributed by atoms with Crippen molar-refractivity contribution in [2.45, 2.75) is 32.4 Å². The van der Waals surface area contributed by atoms with Crippen molar-refractivity contribution >= 4 is 28.7 Å². The van der Waals surface area contributed by atoms with Crippen LogP contribution in [-0.2, 0) is 16.1 Å². The minimum Gasteiger partial charge on any atom is -0.447 e. The number of ether oxygens (including phenoxy) is 1. The second kappa shape index (κ2) is 7.06. The Labute approximate surface area is 157 Å². The maximum Gasteiger partial charge on any atom is 0.410 e. The van der Waals surface area contributed by atoms with E-state index in [1.807, 2.05) is 35.8 Å². The van der Waals surface area contributed by atoms with Gasteiger partial charge in [-0.15, -0.1) is 0 Å². The molecular weight excluding hydrogens is 346 g/mol. The third kappa shape index (κ3) is 3.18. The molecule has 2 saturated heterocycles. The number of carbonyl (C=O) groups is 3. The van der Waals surface area contributed by atoms with E-state index in [1.165, 1.54) is 0 Å². The second-order valence-electron chi connectivity index (χ2n) is 7.12. The van der Waals surface area contributed by atoms with Gasteiger partial charge in [-0.3, -0.25) is 14.5 Å². The minimum absolute atomic E-state index is 0.00996. The number of carbonyl (C=O) groups excluding carboxylic acids is 3. The highest BCUT2D eigenvalue weighted by Crippen LogP contribution is 2.24. The van der Waals surface area contributed by atoms with E-state index in [2.05, 4.69) is 0 Å². The molecule has 142 valence electrons. The second-order valence-corrected chi connectivity index (χ2v) is 7.12. The SMILES string of the molecule is CCCC(=O)c1cn(CC(=O)N2CCN3C(=O)OC[C@H]3C2)c2ccccc12. The third-order valence-corrected chi connectivity index (χ3v) is 5.34. The number of amides is 2. The van der Waals surface area contributed by atoms with Crippen molar-refractivity contribution in [2.75, 3.05) is 26.2 Å². The van der Waals surface area contributed by atoms with E-state index in [1.54, 1.807) is 16.0 Å². The van der Waals surface area contributed by atoms with Gasteiger partial charge in [-0.05, 0) is 12.5 Å². The Morgan fingerprint density at radius 2 is 2.04 bits per heavy atom. The number of fused-ring (bicyclic) bond motifs is 2. The Hall–Kier alpha value is -2.83. The molecule has 2 fully saturated rings. The zero-order valence-electron chi connectivity index (χ0n) is 15.4. The number of Topliss-reactive ketones (excluding diaryl/α,β-unsaturated/α-hetero) is 1. The van der Waals surface area contributed by atoms with Crippen LogP contribution < -0.4 is 0 Å². The van der Waals surface area contributed by atoms with Crippen molar-refractivity contribution in [1.82, 2.24) is 14.4 Å². The average Bonchev–Trinajstić information content (AvgIpc) is 3.23. The van der Waals surface area contributed by atoms with Crippen LogP contribution in [0.2, 0.25) is 0 Å². The van der Waals surface area contributed by atoms with Gasteiger partial charge in [0.15, 0.2) is 5.78 Å². The predicted molar refractivity (Wildman–Crippen MR) is 99.6 cm³/mol. The Kier molecular flexibility index (Phi) is 4.59. The smallest absolute Gasteiger partial charge is 0.410 e. The van der Waals surface area contributed by atoms with Crippen LogP contribution in [0.4, 0.5) is 4.79 Å². The first-order valence-electron chi connectivity index (χ1n) is 9.40. The van der Waals surface area contributed by atoms with Crippen LogP contribution in [0.5, 0.6) is 0 Å². The van der Waals surface area contributed by atoms with Gasteiger partial charge in [0, 0.05) is 48.7 Å². The summed E-state index contributed by atoms with van der Waals surface area (Å²) in [6.07, 6.45) is 2.81. The van der Waals surface area contributed by atoms with Gasteiger partial charge >= 0.3 is 6.09 Å². The monoisotopic (exact) mass is 369 g/mol. The molecule has 4 rings (SSSR count). The molecule has 0 unspecified atom stereocenters. The summed E-state index contributed by atoms with van der Waals surface area (Å²) in [6, 6.07) is 7.63. The van der Waals surface area contributed by atoms with Gasteiger partial charge in [-0.25, -0.2) is 4.79 Å². The van der Waals surface area contributed by atoms with Crippen molar-refractivity contribution in [3.8, 4) is 0 Å². The summed E-state index contributed by atoms with van der Waals surface area (Å²) < 4.78 is 6.93. The predicted octanol–water partition coefficient (Wildman–Crippen LogP) is 2.29. The number of benzene rings is 1. The van der Waals surface area contributed by atoms with Gasteiger partial charge in [-0.2, -0.15) is 0 Å². The molecule has 0 spiro atoms. The summed E-state index contributed by atoms with van der Waals surface area (Å²) in [7, 11) is 0. The summed E-state index contributed by atoms with van der Waals surface area (Å²) in [6.45, 7) is 4.00. The molecule has 7 heteroatoms. The van der Waals surface area contributed by atoms with Crippen molar-refractivity contribution in [2.24, 2.45) is 0 Å². The molecular formula is C20H23N3O4. The molecule has 0 saturated carbocycles. The van der Waals surface area contributed by atoms with Crippen LogP contribution in [0, 0.1) is 0 Å². The molecule has 2 amide bonds. The number of hydrogen-bond acceptors (Lipinski definition) is 4. The number of hydrogen-bond donors (Lipinski definition) is 0. The van der Waals surface area contributed by atoms with E-state index in [-0.39, 0.29) is 30.4 Å². The number of cyclic esters (lactones) is 1. The molecule has 2 aromatic rings. The zero-order chi connectivity index (χ0) is 19.0. The lowest BCUT2D eigenvalue weighted by atomic mass is 10.1. The highest BCUT2D eigenvalue weighted by molar-refractivity contribution is 6.08. The summed E-state index contributed by atoms with van der Waals surface area (Å²) in [5.41, 5.74) is 1.57. The van der Waals surface area contributed by atoms with Crippen molar-refractivity contribution in [3.63, 3.8) is 0 Å². The normalized spacial score (nSPS) is 19.3. The summed E-state index contributed by atoms with van der Waals surface area (Å²) in [5, 5.41) is 0.892. The number of piperazine rings is 1. The zero-order valence-corrected chi connectivity index (χ0v) is 15.4. The lowest BCUT2D eigenvalue weighted by Crippen LogP contribution is -2.54. The van der Waals surface area contributed by atoms with E-state index in [9.17, 15) is 14.4 Å². The van der Waals surface area contributed by atoms with Gasteiger partial charge in [0.25, 0.3) is 0 Å². The molecule has 2 aliphatic heterocycles. The number of rotatable bonds is 5. The first-order valence-corrected chi connectivity index (χ1v) is 9.40. The van der Waals surface area contributed by atoms with Crippen LogP contribution in [-0.4, -0.2) is 64.4 Å². The van der Waals surface area contributed by atoms with Crippen molar-refractivity contribution in [1.29, 1.82) is 0 Å². The van der Waals surface area contributed by atoms with Gasteiger partial charge in [0.05, 0.1) is 6.04 Å². The molecule has 3 heterocycles. The van der Waals surface area contributed by atoms with Gasteiger partial charge in [-0.1, -0.05) is 25.1 Å². The minimum atomic E-state index is -0.289. The van der Waals surface area contributed by atoms with E-state index >= 15 is 0 Å². The Morgan fingerprint density at radius 3 is 2.85 bits per heavy atom. The van der Waals surface area contributed by atoms with Crippen LogP contribution in [0.1, 0.15) is 30.1 Å². The molecule has 1 aromatic heterocycles. The molecule has 2 aliphatic rings. The highest BCUT2D eigenvalue weighted by atomic mass is 16.6. The van der Waals surface area contributed by atoms with Crippen LogP contribution in [0.15, 0.2) is 30.5 Å². The summed E-state index contributed by atoms with van der Waals surface area (Å²) in [4.78, 5) is 40.4. The molecule has 0 bridgehead atoms. The molecule has 0 radical (unpaired) electrons. The molecule has 1 aromatic carbocycles. The quantitative estimate of drug-likeness (QED) is 0.758. The summed E-state index contributed by atoms with van der Waals surface area (Å²) in [5.74, 6) is 0.0966. The topological polar surface area (TPSA) is 71.9 Å². The lowest BCUT2D eigenvalue weighted by molar-refractivity contribution is -0.133. The number of para-hydroxylation sites is 1. The highest BCUT2D eigenvalue weighted by Gasteiger charge is 2.38. The van der Waals surface area contributed by atoms with E-state index < -0.39 is 0 Å². The van der Waals surface area contributed by atoms with Gasteiger partial charge in [0.2, 0.25) is 5.91 Å². The lowest BCUT2D eigenvalue weighted by Gasteiger charge is -2.35. The maximum atomic E-state index is 12.9. The Balaban J connectivity index is 1.54. The fourth-order valence-corrected chi connectivity index (χ4v) is 3.92. The fraction of sp³-hybridized carbons (Fsp3) is 0.450. The van der Waals surface area contributed by atoms with E-state index in [0.717, 1.165) is 17.3 Å². The number of nitrogens with zero attached hydrogens (tertiary/aromatic N) is 3. The fourth-order valence-electron chi connectivity index (χ4n) is 3.92. The Bertz CT molecular complexity index is 904. The number of aromatic nitrogens is 1. The van der Waals surface area contributed by atoms with Crippen LogP contribution in [0.3, 0.4) is 0 Å². The van der Waals surface area contributed by atoms with Gasteiger partial charge in [0.1, 0.15) is 13.2 Å². The first kappa shape index (κ1) is 17.6. The van der Waals surface area contributed by atoms with Crippen molar-refractivity contribution in [3.05, 3.63) is 36.0 Å². The van der Waals surface area contributed by atoms with Gasteiger partial charge < -0.3 is 14.2 Å². The first-order chi connectivity index (χ1) is 13.1. The molecule has 0 N–H and O–H groups in total. The average molecular weight is 369 g/mol. The maximum absolute atomic E-state index is 12.9. The van der Waals surface area contributed by atoms with Crippen molar-refractivity contribution < 1.29 is 19.1 Å². The standard InChI is InChI=1S/C20H23N3O4/c1-2-5-18(24)16-11-22(17-7-4-3-6-15(16)17)12-19(25)21-8-9-23-14(10-21)13-27-20(23)26/h3-4,6-7,11,14H,2,5,8-10,12-13H2,1H3/t14-/m1/s1.